The van der Waals surface area contributed by atoms with Crippen molar-refractivity contribution >= 4 is 0 Å². The monoisotopic (exact) mass is 276 g/mol. The highest BCUT2D eigenvalue weighted by molar-refractivity contribution is 5.32. The number of hydrogen-bond acceptors (Lipinski definition) is 4. The molecule has 5 heteroatoms. The normalized spacial score (nSPS) is 10.5. The van der Waals surface area contributed by atoms with Crippen LogP contribution in [0.15, 0.2) is 42.6 Å². The van der Waals surface area contributed by atoms with E-state index in [-0.39, 0.29) is 5.82 Å². The van der Waals surface area contributed by atoms with E-state index in [0.29, 0.717) is 24.8 Å². The van der Waals surface area contributed by atoms with E-state index in [2.05, 4.69) is 10.3 Å². The van der Waals surface area contributed by atoms with E-state index in [4.69, 9.17) is 9.47 Å². The molecule has 0 spiro atoms. The molecule has 1 aromatic heterocycles. The Hall–Kier alpha value is -1.98. The van der Waals surface area contributed by atoms with Crippen molar-refractivity contribution in [2.45, 2.75) is 6.54 Å². The number of nitrogens with zero attached hydrogens (tertiary/aromatic N) is 1. The van der Waals surface area contributed by atoms with Gasteiger partial charge in [-0.2, -0.15) is 0 Å². The smallest absolute Gasteiger partial charge is 0.223 e. The first-order chi connectivity index (χ1) is 9.79. The summed E-state index contributed by atoms with van der Waals surface area (Å²) in [5.41, 5.74) is 0.938. The van der Waals surface area contributed by atoms with E-state index in [1.165, 1.54) is 12.1 Å². The maximum atomic E-state index is 12.9. The van der Waals surface area contributed by atoms with Crippen LogP contribution in [0, 0.1) is 5.82 Å². The van der Waals surface area contributed by atoms with Crippen LogP contribution in [-0.2, 0) is 11.3 Å². The Kier molecular flexibility index (Phi) is 5.46. The Morgan fingerprint density at radius 1 is 1.20 bits per heavy atom. The van der Waals surface area contributed by atoms with Gasteiger partial charge in [-0.3, -0.25) is 0 Å². The van der Waals surface area contributed by atoms with Crippen molar-refractivity contribution in [3.8, 4) is 11.6 Å². The Labute approximate surface area is 117 Å². The maximum absolute atomic E-state index is 12.9. The van der Waals surface area contributed by atoms with Gasteiger partial charge in [0.05, 0.1) is 6.61 Å². The highest BCUT2D eigenvalue weighted by Gasteiger charge is 2.05. The number of ether oxygens (including phenoxy) is 2. The standard InChI is InChI=1S/C15H17FN2O2/c1-19-10-9-17-11-12-3-2-8-18-15(12)20-14-6-4-13(16)5-7-14/h2-8,17H,9-11H2,1H3. The number of rotatable bonds is 7. The van der Waals surface area contributed by atoms with Crippen molar-refractivity contribution in [2.75, 3.05) is 20.3 Å². The fourth-order valence-electron chi connectivity index (χ4n) is 1.66. The first-order valence-corrected chi connectivity index (χ1v) is 6.36. The molecule has 0 aliphatic rings. The minimum absolute atomic E-state index is 0.292. The predicted octanol–water partition coefficient (Wildman–Crippen LogP) is 2.75. The average molecular weight is 276 g/mol. The van der Waals surface area contributed by atoms with Crippen LogP contribution in [0.4, 0.5) is 4.39 Å². The average Bonchev–Trinajstić information content (AvgIpc) is 2.47. The summed E-state index contributed by atoms with van der Waals surface area (Å²) in [6.45, 7) is 2.03. The van der Waals surface area contributed by atoms with Crippen LogP contribution >= 0.6 is 0 Å². The molecular formula is C15H17FN2O2. The van der Waals surface area contributed by atoms with E-state index < -0.39 is 0 Å². The van der Waals surface area contributed by atoms with Crippen LogP contribution in [0.5, 0.6) is 11.6 Å². The Bertz CT molecular complexity index is 532. The van der Waals surface area contributed by atoms with Crippen LogP contribution in [-0.4, -0.2) is 25.2 Å². The quantitative estimate of drug-likeness (QED) is 0.790. The van der Waals surface area contributed by atoms with Crippen molar-refractivity contribution in [3.05, 3.63) is 54.0 Å². The summed E-state index contributed by atoms with van der Waals surface area (Å²) in [6.07, 6.45) is 1.66. The molecule has 1 N–H and O–H groups in total. The number of benzene rings is 1. The molecule has 2 aromatic rings. The molecule has 0 atom stereocenters. The van der Waals surface area contributed by atoms with Gasteiger partial charge in [-0.15, -0.1) is 0 Å². The summed E-state index contributed by atoms with van der Waals surface area (Å²) in [5.74, 6) is 0.784. The summed E-state index contributed by atoms with van der Waals surface area (Å²) in [7, 11) is 1.66. The predicted molar refractivity (Wildman–Crippen MR) is 74.3 cm³/mol. The van der Waals surface area contributed by atoms with Crippen molar-refractivity contribution in [1.29, 1.82) is 0 Å². The third-order valence-corrected chi connectivity index (χ3v) is 2.68. The van der Waals surface area contributed by atoms with Crippen molar-refractivity contribution in [2.24, 2.45) is 0 Å². The molecule has 0 fully saturated rings. The molecule has 1 heterocycles. The topological polar surface area (TPSA) is 43.4 Å². The van der Waals surface area contributed by atoms with Gasteiger partial charge in [-0.25, -0.2) is 9.37 Å². The zero-order valence-electron chi connectivity index (χ0n) is 11.3. The van der Waals surface area contributed by atoms with Crippen LogP contribution in [0.1, 0.15) is 5.56 Å². The van der Waals surface area contributed by atoms with Gasteiger partial charge in [0.1, 0.15) is 11.6 Å². The van der Waals surface area contributed by atoms with Gasteiger partial charge in [-0.05, 0) is 30.3 Å². The fourth-order valence-corrected chi connectivity index (χ4v) is 1.66. The van der Waals surface area contributed by atoms with Gasteiger partial charge >= 0.3 is 0 Å². The lowest BCUT2D eigenvalue weighted by Gasteiger charge is -2.10. The maximum Gasteiger partial charge on any atom is 0.223 e. The number of halogens is 1. The molecule has 0 aliphatic heterocycles. The molecule has 2 rings (SSSR count). The molecule has 4 nitrogen and oxygen atoms in total. The molecule has 0 amide bonds. The third kappa shape index (κ3) is 4.29. The summed E-state index contributed by atoms with van der Waals surface area (Å²) in [6, 6.07) is 9.65. The van der Waals surface area contributed by atoms with Gasteiger partial charge in [0.2, 0.25) is 5.88 Å². The SMILES string of the molecule is COCCNCc1cccnc1Oc1ccc(F)cc1. The summed E-state index contributed by atoms with van der Waals surface area (Å²) in [5, 5.41) is 3.23. The zero-order chi connectivity index (χ0) is 14.2. The van der Waals surface area contributed by atoms with Crippen LogP contribution in [0.25, 0.3) is 0 Å². The van der Waals surface area contributed by atoms with Crippen molar-refractivity contribution in [3.63, 3.8) is 0 Å². The zero-order valence-corrected chi connectivity index (χ0v) is 11.3. The molecular weight excluding hydrogens is 259 g/mol. The molecule has 0 saturated carbocycles. The lowest BCUT2D eigenvalue weighted by atomic mass is 10.2. The second kappa shape index (κ2) is 7.57. The first-order valence-electron chi connectivity index (χ1n) is 6.36. The van der Waals surface area contributed by atoms with Gasteiger partial charge in [0, 0.05) is 32.0 Å². The van der Waals surface area contributed by atoms with Crippen molar-refractivity contribution in [1.82, 2.24) is 10.3 Å². The van der Waals surface area contributed by atoms with Crippen LogP contribution in [0.3, 0.4) is 0 Å². The Balaban J connectivity index is 2.01. The molecule has 106 valence electrons. The third-order valence-electron chi connectivity index (χ3n) is 2.68. The molecule has 0 aliphatic carbocycles. The minimum Gasteiger partial charge on any atom is -0.439 e. The Morgan fingerprint density at radius 2 is 2.00 bits per heavy atom. The van der Waals surface area contributed by atoms with Gasteiger partial charge in [0.15, 0.2) is 0 Å². The first kappa shape index (κ1) is 14.4. The van der Waals surface area contributed by atoms with Gasteiger partial charge in [-0.1, -0.05) is 6.07 Å². The summed E-state index contributed by atoms with van der Waals surface area (Å²) < 4.78 is 23.5. The van der Waals surface area contributed by atoms with Crippen LogP contribution < -0.4 is 10.1 Å². The molecule has 1 aromatic carbocycles. The molecule has 20 heavy (non-hydrogen) atoms. The lowest BCUT2D eigenvalue weighted by molar-refractivity contribution is 0.199. The number of nitrogens with one attached hydrogen (secondary N) is 1. The minimum atomic E-state index is -0.292. The molecule has 0 bridgehead atoms. The number of pyridine rings is 1. The van der Waals surface area contributed by atoms with E-state index in [1.807, 2.05) is 12.1 Å². The van der Waals surface area contributed by atoms with Crippen molar-refractivity contribution < 1.29 is 13.9 Å². The highest BCUT2D eigenvalue weighted by Crippen LogP contribution is 2.22. The highest BCUT2D eigenvalue weighted by atomic mass is 19.1. The van der Waals surface area contributed by atoms with E-state index >= 15 is 0 Å². The summed E-state index contributed by atoms with van der Waals surface area (Å²) in [4.78, 5) is 4.21. The number of hydrogen-bond donors (Lipinski definition) is 1. The second-order valence-corrected chi connectivity index (χ2v) is 4.19. The Morgan fingerprint density at radius 3 is 2.75 bits per heavy atom. The van der Waals surface area contributed by atoms with Gasteiger partial charge < -0.3 is 14.8 Å². The second-order valence-electron chi connectivity index (χ2n) is 4.19. The van der Waals surface area contributed by atoms with Crippen LogP contribution in [0.2, 0.25) is 0 Å². The van der Waals surface area contributed by atoms with Gasteiger partial charge in [0.25, 0.3) is 0 Å². The number of methoxy groups -OCH3 is 1. The molecule has 0 saturated heterocycles. The van der Waals surface area contributed by atoms with E-state index in [1.54, 1.807) is 25.4 Å². The summed E-state index contributed by atoms with van der Waals surface area (Å²) >= 11 is 0. The largest absolute Gasteiger partial charge is 0.439 e. The number of aromatic nitrogens is 1. The lowest BCUT2D eigenvalue weighted by Crippen LogP contribution is -2.19. The molecule has 0 radical (unpaired) electrons. The van der Waals surface area contributed by atoms with E-state index in [0.717, 1.165) is 12.1 Å². The molecule has 0 unspecified atom stereocenters. The fraction of sp³-hybridized carbons (Fsp3) is 0.267. The van der Waals surface area contributed by atoms with E-state index in [9.17, 15) is 4.39 Å².